The van der Waals surface area contributed by atoms with Crippen LogP contribution in [0, 0.1) is 0 Å². The summed E-state index contributed by atoms with van der Waals surface area (Å²) in [7, 11) is 0. The van der Waals surface area contributed by atoms with Gasteiger partial charge >= 0.3 is 11.9 Å². The molecule has 0 bridgehead atoms. The molecule has 0 radical (unpaired) electrons. The van der Waals surface area contributed by atoms with Crippen LogP contribution in [0.4, 0.5) is 0 Å². The molecular weight excluding hydrogens is 564 g/mol. The van der Waals surface area contributed by atoms with Gasteiger partial charge in [0.25, 0.3) is 0 Å². The summed E-state index contributed by atoms with van der Waals surface area (Å²) in [6.45, 7) is 7.21. The van der Waals surface area contributed by atoms with Gasteiger partial charge in [0.05, 0.1) is 19.4 Å². The summed E-state index contributed by atoms with van der Waals surface area (Å²) in [5, 5.41) is 8.38. The zero-order valence-corrected chi connectivity index (χ0v) is 30.9. The molecule has 0 fully saturated rings. The summed E-state index contributed by atoms with van der Waals surface area (Å²) in [5.41, 5.74) is 0. The number of aliphatic carboxylic acids is 1. The van der Waals surface area contributed by atoms with Gasteiger partial charge in [0.15, 0.2) is 0 Å². The van der Waals surface area contributed by atoms with Crippen molar-refractivity contribution in [1.82, 2.24) is 0 Å². The molecule has 0 saturated heterocycles. The van der Waals surface area contributed by atoms with Gasteiger partial charge in [-0.05, 0) is 6.42 Å². The molecule has 0 unspecified atom stereocenters. The van der Waals surface area contributed by atoms with Crippen molar-refractivity contribution in [3.05, 3.63) is 0 Å². The summed E-state index contributed by atoms with van der Waals surface area (Å²) < 4.78 is 5.00. The molecule has 0 aliphatic carbocycles. The van der Waals surface area contributed by atoms with E-state index >= 15 is 0 Å². The molecule has 5 heteroatoms. The van der Waals surface area contributed by atoms with Crippen molar-refractivity contribution in [2.75, 3.05) is 18.1 Å². The van der Waals surface area contributed by atoms with Crippen LogP contribution >= 0.6 is 11.8 Å². The SMILES string of the molecule is CCCCCCCCCCCCCCCCCCCCCCCCCCCC.CCCCCOC(=O)CCSCCC(=O)O. The Hall–Kier alpha value is -0.710. The molecular formula is C39H78O4S. The molecule has 1 N–H and O–H groups in total. The third kappa shape index (κ3) is 45.7. The second kappa shape index (κ2) is 42.3. The van der Waals surface area contributed by atoms with E-state index in [1.165, 1.54) is 179 Å². The molecule has 0 rings (SSSR count). The number of esters is 1. The molecule has 0 aromatic heterocycles. The summed E-state index contributed by atoms with van der Waals surface area (Å²) in [6.07, 6.45) is 42.0. The third-order valence-electron chi connectivity index (χ3n) is 8.38. The molecule has 0 amide bonds. The van der Waals surface area contributed by atoms with Crippen LogP contribution in [-0.2, 0) is 14.3 Å². The van der Waals surface area contributed by atoms with Crippen LogP contribution in [0.1, 0.15) is 220 Å². The van der Waals surface area contributed by atoms with Crippen LogP contribution in [-0.4, -0.2) is 35.2 Å². The number of rotatable bonds is 35. The Bertz CT molecular complexity index is 528. The number of carboxylic acids is 1. The highest BCUT2D eigenvalue weighted by atomic mass is 32.2. The van der Waals surface area contributed by atoms with Gasteiger partial charge in [0, 0.05) is 11.5 Å². The van der Waals surface area contributed by atoms with Gasteiger partial charge in [0.1, 0.15) is 0 Å². The zero-order chi connectivity index (χ0) is 32.6. The van der Waals surface area contributed by atoms with Crippen molar-refractivity contribution in [1.29, 1.82) is 0 Å². The molecule has 0 atom stereocenters. The quantitative estimate of drug-likeness (QED) is 0.0550. The number of unbranched alkanes of at least 4 members (excludes halogenated alkanes) is 27. The van der Waals surface area contributed by atoms with Crippen molar-refractivity contribution < 1.29 is 19.4 Å². The first-order valence-electron chi connectivity index (χ1n) is 19.5. The summed E-state index contributed by atoms with van der Waals surface area (Å²) in [6, 6.07) is 0. The number of carboxylic acid groups (broad SMARTS) is 1. The van der Waals surface area contributed by atoms with Crippen LogP contribution in [0.3, 0.4) is 0 Å². The maximum Gasteiger partial charge on any atom is 0.306 e. The van der Waals surface area contributed by atoms with E-state index in [1.54, 1.807) is 0 Å². The van der Waals surface area contributed by atoms with Crippen molar-refractivity contribution in [3.63, 3.8) is 0 Å². The molecule has 0 saturated carbocycles. The average molecular weight is 643 g/mol. The first-order valence-corrected chi connectivity index (χ1v) is 20.7. The van der Waals surface area contributed by atoms with E-state index in [-0.39, 0.29) is 12.4 Å². The van der Waals surface area contributed by atoms with Crippen molar-refractivity contribution in [3.8, 4) is 0 Å². The standard InChI is InChI=1S/C28H58.C11H20O4S/c1-3-5-7-9-11-13-15-17-19-21-23-25-27-28-26-24-22-20-18-16-14-12-10-8-6-4-2;1-2-3-4-7-15-11(14)6-9-16-8-5-10(12)13/h3-28H2,1-2H3;2-9H2,1H3,(H,12,13). The second-order valence-electron chi connectivity index (χ2n) is 12.9. The molecule has 0 aliphatic heterocycles. The molecule has 0 aliphatic rings. The number of thioether (sulfide) groups is 1. The fourth-order valence-corrected chi connectivity index (χ4v) is 6.25. The van der Waals surface area contributed by atoms with E-state index in [1.807, 2.05) is 0 Å². The van der Waals surface area contributed by atoms with E-state index in [4.69, 9.17) is 9.84 Å². The molecule has 0 spiro atoms. The second-order valence-corrected chi connectivity index (χ2v) is 14.1. The Labute approximate surface area is 280 Å². The minimum Gasteiger partial charge on any atom is -0.481 e. The van der Waals surface area contributed by atoms with Gasteiger partial charge in [0.2, 0.25) is 0 Å². The minimum absolute atomic E-state index is 0.149. The number of hydrogen-bond acceptors (Lipinski definition) is 4. The molecule has 0 aromatic carbocycles. The monoisotopic (exact) mass is 643 g/mol. The first kappa shape index (κ1) is 45.4. The first-order chi connectivity index (χ1) is 21.6. The smallest absolute Gasteiger partial charge is 0.306 e. The van der Waals surface area contributed by atoms with E-state index in [0.717, 1.165) is 19.3 Å². The van der Waals surface area contributed by atoms with E-state index in [2.05, 4.69) is 20.8 Å². The normalized spacial score (nSPS) is 10.9. The van der Waals surface area contributed by atoms with Crippen LogP contribution < -0.4 is 0 Å². The van der Waals surface area contributed by atoms with Gasteiger partial charge in [-0.2, -0.15) is 11.8 Å². The van der Waals surface area contributed by atoms with Crippen LogP contribution in [0.25, 0.3) is 0 Å². The largest absolute Gasteiger partial charge is 0.481 e. The number of carbonyl (C=O) groups is 2. The minimum atomic E-state index is -0.797. The average Bonchev–Trinajstić information content (AvgIpc) is 3.01. The number of hydrogen-bond donors (Lipinski definition) is 1. The van der Waals surface area contributed by atoms with Crippen molar-refractivity contribution >= 4 is 23.7 Å². The lowest BCUT2D eigenvalue weighted by molar-refractivity contribution is -0.143. The van der Waals surface area contributed by atoms with Gasteiger partial charge in [-0.25, -0.2) is 0 Å². The van der Waals surface area contributed by atoms with Gasteiger partial charge in [-0.1, -0.05) is 201 Å². The molecule has 264 valence electrons. The van der Waals surface area contributed by atoms with Gasteiger partial charge in [-0.3, -0.25) is 9.59 Å². The highest BCUT2D eigenvalue weighted by Gasteiger charge is 2.03. The van der Waals surface area contributed by atoms with Crippen molar-refractivity contribution in [2.45, 2.75) is 220 Å². The fourth-order valence-electron chi connectivity index (χ4n) is 5.42. The Morgan fingerprint density at radius 2 is 0.705 bits per heavy atom. The highest BCUT2D eigenvalue weighted by molar-refractivity contribution is 7.99. The Morgan fingerprint density at radius 1 is 0.432 bits per heavy atom. The number of carbonyl (C=O) groups excluding carboxylic acids is 1. The van der Waals surface area contributed by atoms with Crippen molar-refractivity contribution in [2.24, 2.45) is 0 Å². The van der Waals surface area contributed by atoms with Gasteiger partial charge < -0.3 is 9.84 Å². The summed E-state index contributed by atoms with van der Waals surface area (Å²) in [4.78, 5) is 21.3. The molecule has 4 nitrogen and oxygen atoms in total. The lowest BCUT2D eigenvalue weighted by atomic mass is 10.0. The lowest BCUT2D eigenvalue weighted by Crippen LogP contribution is -2.07. The molecule has 0 aromatic rings. The Balaban J connectivity index is 0. The summed E-state index contributed by atoms with van der Waals surface area (Å²) in [5.74, 6) is 0.215. The predicted molar refractivity (Wildman–Crippen MR) is 196 cm³/mol. The van der Waals surface area contributed by atoms with Crippen LogP contribution in [0.15, 0.2) is 0 Å². The molecule has 0 heterocycles. The summed E-state index contributed by atoms with van der Waals surface area (Å²) >= 11 is 1.47. The van der Waals surface area contributed by atoms with Crippen LogP contribution in [0.2, 0.25) is 0 Å². The highest BCUT2D eigenvalue weighted by Crippen LogP contribution is 2.16. The fraction of sp³-hybridized carbons (Fsp3) is 0.949. The number of ether oxygens (including phenoxy) is 1. The predicted octanol–water partition coefficient (Wildman–Crippen LogP) is 13.5. The lowest BCUT2D eigenvalue weighted by Gasteiger charge is -2.04. The zero-order valence-electron chi connectivity index (χ0n) is 30.1. The topological polar surface area (TPSA) is 63.6 Å². The van der Waals surface area contributed by atoms with Gasteiger partial charge in [-0.15, -0.1) is 0 Å². The maximum absolute atomic E-state index is 11.2. The third-order valence-corrected chi connectivity index (χ3v) is 9.36. The van der Waals surface area contributed by atoms with E-state index in [9.17, 15) is 9.59 Å². The Kier molecular flexibility index (Phi) is 43.6. The van der Waals surface area contributed by atoms with E-state index in [0.29, 0.717) is 24.5 Å². The Morgan fingerprint density at radius 3 is 1.00 bits per heavy atom. The van der Waals surface area contributed by atoms with Crippen LogP contribution in [0.5, 0.6) is 0 Å². The van der Waals surface area contributed by atoms with E-state index < -0.39 is 5.97 Å². The molecule has 44 heavy (non-hydrogen) atoms. The maximum atomic E-state index is 11.2.